The van der Waals surface area contributed by atoms with Crippen molar-refractivity contribution in [3.05, 3.63) is 83.5 Å². The molecule has 0 amide bonds. The molecule has 0 aliphatic heterocycles. The summed E-state index contributed by atoms with van der Waals surface area (Å²) in [6.45, 7) is 5.38. The predicted octanol–water partition coefficient (Wildman–Crippen LogP) is 5.52. The van der Waals surface area contributed by atoms with E-state index in [1.165, 1.54) is 0 Å². The van der Waals surface area contributed by atoms with Crippen LogP contribution in [0.5, 0.6) is 5.75 Å². The number of halogens is 1. The second kappa shape index (κ2) is 8.72. The molecule has 3 aromatic heterocycles. The van der Waals surface area contributed by atoms with Crippen molar-refractivity contribution >= 4 is 28.9 Å². The molecule has 0 atom stereocenters. The summed E-state index contributed by atoms with van der Waals surface area (Å²) >= 11 is 6.08. The Morgan fingerprint density at radius 1 is 1.06 bits per heavy atom. The van der Waals surface area contributed by atoms with E-state index < -0.39 is 5.60 Å². The molecule has 0 radical (unpaired) electrons. The lowest BCUT2D eigenvalue weighted by Crippen LogP contribution is -2.20. The SMILES string of the molecule is COc1cc(Nc2nc3c(-c4ccc(Cl)cc4)ccc(C(C)(C)O)n3n2)ccc1-n1cnc(C)c1. The van der Waals surface area contributed by atoms with E-state index >= 15 is 0 Å². The molecule has 0 fully saturated rings. The number of aryl methyl sites for hydroxylation is 1. The number of benzene rings is 2. The fraction of sp³-hybridized carbons (Fsp3) is 0.192. The largest absolute Gasteiger partial charge is 0.494 e. The van der Waals surface area contributed by atoms with Crippen LogP contribution in [0.25, 0.3) is 22.5 Å². The van der Waals surface area contributed by atoms with E-state index in [2.05, 4.69) is 15.4 Å². The first-order valence-electron chi connectivity index (χ1n) is 11.1. The number of pyridine rings is 1. The van der Waals surface area contributed by atoms with Crippen LogP contribution in [0, 0.1) is 6.92 Å². The van der Waals surface area contributed by atoms with Gasteiger partial charge in [0.25, 0.3) is 0 Å². The molecule has 2 aromatic carbocycles. The number of fused-ring (bicyclic) bond motifs is 1. The fourth-order valence-electron chi connectivity index (χ4n) is 3.98. The number of anilines is 2. The second-order valence-electron chi connectivity index (χ2n) is 8.80. The molecule has 5 rings (SSSR count). The molecule has 0 bridgehead atoms. The van der Waals surface area contributed by atoms with E-state index in [-0.39, 0.29) is 0 Å². The molecular formula is C26H25ClN6O2. The van der Waals surface area contributed by atoms with Gasteiger partial charge in [-0.1, -0.05) is 23.7 Å². The third-order valence-electron chi connectivity index (χ3n) is 5.69. The van der Waals surface area contributed by atoms with Crippen LogP contribution in [0.3, 0.4) is 0 Å². The first-order valence-corrected chi connectivity index (χ1v) is 11.5. The van der Waals surface area contributed by atoms with Gasteiger partial charge in [-0.15, -0.1) is 5.10 Å². The topological polar surface area (TPSA) is 89.5 Å². The van der Waals surface area contributed by atoms with Crippen LogP contribution in [0.2, 0.25) is 5.02 Å². The van der Waals surface area contributed by atoms with Gasteiger partial charge in [0.05, 0.1) is 30.5 Å². The highest BCUT2D eigenvalue weighted by molar-refractivity contribution is 6.30. The highest BCUT2D eigenvalue weighted by atomic mass is 35.5. The molecule has 5 aromatic rings. The van der Waals surface area contributed by atoms with Gasteiger partial charge >= 0.3 is 0 Å². The number of aliphatic hydroxyl groups is 1. The Hall–Kier alpha value is -3.88. The van der Waals surface area contributed by atoms with Crippen molar-refractivity contribution in [2.24, 2.45) is 0 Å². The smallest absolute Gasteiger partial charge is 0.247 e. The Labute approximate surface area is 207 Å². The minimum atomic E-state index is -1.12. The first-order chi connectivity index (χ1) is 16.7. The summed E-state index contributed by atoms with van der Waals surface area (Å²) in [6.07, 6.45) is 3.69. The highest BCUT2D eigenvalue weighted by Crippen LogP contribution is 2.32. The standard InChI is InChI=1S/C26H25ClN6O2/c1-16-14-32(15-28-16)21-11-9-19(13-22(21)35-4)29-25-30-24-20(17-5-7-18(27)8-6-17)10-12-23(26(2,3)34)33(24)31-25/h5-15,34H,1-4H3,(H,29,31). The molecule has 35 heavy (non-hydrogen) atoms. The zero-order valence-corrected chi connectivity index (χ0v) is 20.6. The van der Waals surface area contributed by atoms with E-state index in [4.69, 9.17) is 21.3 Å². The number of methoxy groups -OCH3 is 1. The molecule has 0 unspecified atom stereocenters. The number of rotatable bonds is 6. The third-order valence-corrected chi connectivity index (χ3v) is 5.94. The Kier molecular flexibility index (Phi) is 5.70. The molecule has 3 heterocycles. The van der Waals surface area contributed by atoms with Gasteiger partial charge in [0, 0.05) is 28.5 Å². The number of nitrogens with zero attached hydrogens (tertiary/aromatic N) is 5. The molecule has 0 aliphatic rings. The maximum atomic E-state index is 10.7. The average Bonchev–Trinajstić information content (AvgIpc) is 3.44. The number of aromatic nitrogens is 5. The van der Waals surface area contributed by atoms with Crippen LogP contribution in [0.1, 0.15) is 25.2 Å². The van der Waals surface area contributed by atoms with Crippen LogP contribution in [-0.4, -0.2) is 36.4 Å². The van der Waals surface area contributed by atoms with Crippen molar-refractivity contribution in [3.63, 3.8) is 0 Å². The van der Waals surface area contributed by atoms with E-state index in [0.29, 0.717) is 28.1 Å². The van der Waals surface area contributed by atoms with Crippen molar-refractivity contribution < 1.29 is 9.84 Å². The van der Waals surface area contributed by atoms with Crippen LogP contribution < -0.4 is 10.1 Å². The van der Waals surface area contributed by atoms with E-state index in [9.17, 15) is 5.11 Å². The van der Waals surface area contributed by atoms with Gasteiger partial charge in [0.2, 0.25) is 5.95 Å². The highest BCUT2D eigenvalue weighted by Gasteiger charge is 2.23. The van der Waals surface area contributed by atoms with Crippen LogP contribution >= 0.6 is 11.6 Å². The molecule has 178 valence electrons. The van der Waals surface area contributed by atoms with Crippen molar-refractivity contribution in [1.82, 2.24) is 24.1 Å². The molecule has 8 nitrogen and oxygen atoms in total. The molecular weight excluding hydrogens is 464 g/mol. The number of imidazole rings is 1. The lowest BCUT2D eigenvalue weighted by Gasteiger charge is -2.19. The van der Waals surface area contributed by atoms with Gasteiger partial charge in [0.15, 0.2) is 5.65 Å². The molecule has 0 aliphatic carbocycles. The Morgan fingerprint density at radius 3 is 2.49 bits per heavy atom. The van der Waals surface area contributed by atoms with Gasteiger partial charge in [-0.05, 0) is 62.7 Å². The number of nitrogens with one attached hydrogen (secondary N) is 1. The zero-order valence-electron chi connectivity index (χ0n) is 19.8. The van der Waals surface area contributed by atoms with E-state index in [1.807, 2.05) is 72.3 Å². The summed E-state index contributed by atoms with van der Waals surface area (Å²) in [7, 11) is 1.63. The van der Waals surface area contributed by atoms with Crippen molar-refractivity contribution in [2.75, 3.05) is 12.4 Å². The lowest BCUT2D eigenvalue weighted by atomic mass is 10.0. The normalized spacial score (nSPS) is 11.7. The first kappa shape index (κ1) is 22.9. The predicted molar refractivity (Wildman–Crippen MR) is 137 cm³/mol. The Balaban J connectivity index is 1.57. The fourth-order valence-corrected chi connectivity index (χ4v) is 4.11. The van der Waals surface area contributed by atoms with Crippen LogP contribution in [0.15, 0.2) is 67.1 Å². The second-order valence-corrected chi connectivity index (χ2v) is 9.24. The van der Waals surface area contributed by atoms with Gasteiger partial charge in [-0.3, -0.25) is 0 Å². The summed E-state index contributed by atoms with van der Waals surface area (Å²) < 4.78 is 9.20. The Bertz CT molecular complexity index is 1520. The monoisotopic (exact) mass is 488 g/mol. The van der Waals surface area contributed by atoms with Gasteiger partial charge in [0.1, 0.15) is 11.4 Å². The number of ether oxygens (including phenoxy) is 1. The van der Waals surface area contributed by atoms with Crippen molar-refractivity contribution in [2.45, 2.75) is 26.4 Å². The van der Waals surface area contributed by atoms with Crippen molar-refractivity contribution in [3.8, 4) is 22.6 Å². The van der Waals surface area contributed by atoms with Gasteiger partial charge in [-0.2, -0.15) is 4.98 Å². The molecule has 2 N–H and O–H groups in total. The summed E-state index contributed by atoms with van der Waals surface area (Å²) in [4.78, 5) is 9.05. The molecule has 0 saturated carbocycles. The van der Waals surface area contributed by atoms with Crippen molar-refractivity contribution in [1.29, 1.82) is 0 Å². The molecule has 0 spiro atoms. The number of hydrogen-bond donors (Lipinski definition) is 2. The van der Waals surface area contributed by atoms with Crippen LogP contribution in [0.4, 0.5) is 11.6 Å². The maximum Gasteiger partial charge on any atom is 0.247 e. The maximum absolute atomic E-state index is 10.7. The summed E-state index contributed by atoms with van der Waals surface area (Å²) in [5.41, 5.74) is 4.49. The summed E-state index contributed by atoms with van der Waals surface area (Å²) in [6, 6.07) is 17.1. The van der Waals surface area contributed by atoms with E-state index in [1.54, 1.807) is 31.8 Å². The van der Waals surface area contributed by atoms with Gasteiger partial charge in [-0.25, -0.2) is 9.50 Å². The zero-order chi connectivity index (χ0) is 24.7. The summed E-state index contributed by atoms with van der Waals surface area (Å²) in [5, 5.41) is 19.3. The molecule has 0 saturated heterocycles. The van der Waals surface area contributed by atoms with Crippen LogP contribution in [-0.2, 0) is 5.60 Å². The quantitative estimate of drug-likeness (QED) is 0.327. The van der Waals surface area contributed by atoms with Gasteiger partial charge < -0.3 is 19.7 Å². The lowest BCUT2D eigenvalue weighted by molar-refractivity contribution is 0.0715. The number of hydrogen-bond acceptors (Lipinski definition) is 6. The van der Waals surface area contributed by atoms with E-state index in [0.717, 1.165) is 28.2 Å². The summed E-state index contributed by atoms with van der Waals surface area (Å²) in [5.74, 6) is 1.07. The third kappa shape index (κ3) is 4.45. The minimum Gasteiger partial charge on any atom is -0.494 e. The Morgan fingerprint density at radius 2 is 1.83 bits per heavy atom. The minimum absolute atomic E-state index is 0.394. The molecule has 9 heteroatoms. The average molecular weight is 489 g/mol.